The van der Waals surface area contributed by atoms with Gasteiger partial charge in [-0.15, -0.1) is 0 Å². The maximum atomic E-state index is 13.2. The summed E-state index contributed by atoms with van der Waals surface area (Å²) in [6, 6.07) is 14.0. The van der Waals surface area contributed by atoms with Crippen molar-refractivity contribution in [1.29, 1.82) is 0 Å². The first kappa shape index (κ1) is 16.8. The fraction of sp³-hybridized carbons (Fsp3) is 0.333. The van der Waals surface area contributed by atoms with Gasteiger partial charge in [0.2, 0.25) is 0 Å². The molecule has 0 saturated heterocycles. The van der Waals surface area contributed by atoms with Crippen molar-refractivity contribution >= 4 is 17.3 Å². The highest BCUT2D eigenvalue weighted by Crippen LogP contribution is 2.41. The number of nitrogens with one attached hydrogen (secondary N) is 1. The van der Waals surface area contributed by atoms with E-state index in [0.29, 0.717) is 5.56 Å². The SMILES string of the molecule is CC1=NN(c2ccc(C(=O)NC3(c4ccc(F)cc4)CCC3)cc2)CC1. The summed E-state index contributed by atoms with van der Waals surface area (Å²) in [6.07, 6.45) is 3.79. The fourth-order valence-electron chi connectivity index (χ4n) is 3.62. The molecule has 0 aromatic heterocycles. The van der Waals surface area contributed by atoms with Crippen molar-refractivity contribution < 1.29 is 9.18 Å². The van der Waals surface area contributed by atoms with Crippen LogP contribution in [-0.4, -0.2) is 18.2 Å². The van der Waals surface area contributed by atoms with Gasteiger partial charge in [-0.1, -0.05) is 12.1 Å². The zero-order chi connectivity index (χ0) is 18.1. The largest absolute Gasteiger partial charge is 0.343 e. The molecule has 0 atom stereocenters. The first-order chi connectivity index (χ1) is 12.6. The number of hydrogen-bond donors (Lipinski definition) is 1. The second-order valence-corrected chi connectivity index (χ2v) is 7.15. The summed E-state index contributed by atoms with van der Waals surface area (Å²) in [5.41, 5.74) is 3.34. The molecule has 2 aromatic carbocycles. The molecule has 5 heteroatoms. The molecule has 1 aliphatic heterocycles. The van der Waals surface area contributed by atoms with E-state index in [4.69, 9.17) is 0 Å². The van der Waals surface area contributed by atoms with E-state index in [1.807, 2.05) is 36.2 Å². The standard InChI is InChI=1S/C21H22FN3O/c1-15-11-14-25(24-15)19-9-3-16(4-10-19)20(26)23-21(12-2-13-21)17-5-7-18(22)8-6-17/h3-10H,2,11-14H2,1H3,(H,23,26). The number of nitrogens with zero attached hydrogens (tertiary/aromatic N) is 2. The highest BCUT2D eigenvalue weighted by Gasteiger charge is 2.40. The Bertz CT molecular complexity index is 839. The van der Waals surface area contributed by atoms with Crippen molar-refractivity contribution in [2.45, 2.75) is 38.1 Å². The van der Waals surface area contributed by atoms with Gasteiger partial charge >= 0.3 is 0 Å². The molecule has 4 rings (SSSR count). The third-order valence-electron chi connectivity index (χ3n) is 5.36. The highest BCUT2D eigenvalue weighted by atomic mass is 19.1. The lowest BCUT2D eigenvalue weighted by molar-refractivity contribution is 0.0823. The predicted molar refractivity (Wildman–Crippen MR) is 101 cm³/mol. The molecule has 1 N–H and O–H groups in total. The first-order valence-corrected chi connectivity index (χ1v) is 9.06. The van der Waals surface area contributed by atoms with Crippen LogP contribution < -0.4 is 10.3 Å². The van der Waals surface area contributed by atoms with E-state index in [-0.39, 0.29) is 17.3 Å². The van der Waals surface area contributed by atoms with Gasteiger partial charge < -0.3 is 5.32 Å². The zero-order valence-electron chi connectivity index (χ0n) is 14.8. The Kier molecular flexibility index (Phi) is 4.23. The molecule has 1 aliphatic carbocycles. The number of hydrogen-bond acceptors (Lipinski definition) is 3. The Morgan fingerprint density at radius 1 is 1.12 bits per heavy atom. The molecule has 0 spiro atoms. The van der Waals surface area contributed by atoms with Crippen molar-refractivity contribution in [1.82, 2.24) is 5.32 Å². The summed E-state index contributed by atoms with van der Waals surface area (Å²) in [6.45, 7) is 2.90. The lowest BCUT2D eigenvalue weighted by atomic mass is 9.71. The molecular formula is C21H22FN3O. The Morgan fingerprint density at radius 3 is 2.35 bits per heavy atom. The number of carbonyl (C=O) groups excluding carboxylic acids is 1. The fourth-order valence-corrected chi connectivity index (χ4v) is 3.62. The van der Waals surface area contributed by atoms with E-state index in [0.717, 1.165) is 49.2 Å². The van der Waals surface area contributed by atoms with E-state index < -0.39 is 0 Å². The van der Waals surface area contributed by atoms with Gasteiger partial charge in [0.15, 0.2) is 0 Å². The second-order valence-electron chi connectivity index (χ2n) is 7.15. The van der Waals surface area contributed by atoms with Crippen LogP contribution in [0.25, 0.3) is 0 Å². The van der Waals surface area contributed by atoms with Crippen LogP contribution >= 0.6 is 0 Å². The lowest BCUT2D eigenvalue weighted by Gasteiger charge is -2.43. The number of hydrazone groups is 1. The maximum absolute atomic E-state index is 13.2. The molecule has 0 unspecified atom stereocenters. The van der Waals surface area contributed by atoms with Gasteiger partial charge in [0, 0.05) is 24.2 Å². The zero-order valence-corrected chi connectivity index (χ0v) is 14.8. The molecule has 0 bridgehead atoms. The Morgan fingerprint density at radius 2 is 1.81 bits per heavy atom. The summed E-state index contributed by atoms with van der Waals surface area (Å²) in [7, 11) is 0. The molecule has 2 aromatic rings. The summed E-state index contributed by atoms with van der Waals surface area (Å²) in [5.74, 6) is -0.355. The molecular weight excluding hydrogens is 329 g/mol. The van der Waals surface area contributed by atoms with Gasteiger partial charge in [0.25, 0.3) is 5.91 Å². The van der Waals surface area contributed by atoms with Crippen LogP contribution in [0.15, 0.2) is 53.6 Å². The normalized spacial score (nSPS) is 18.2. The smallest absolute Gasteiger partial charge is 0.251 e. The molecule has 134 valence electrons. The summed E-state index contributed by atoms with van der Waals surface area (Å²) in [5, 5.41) is 9.62. The van der Waals surface area contributed by atoms with E-state index >= 15 is 0 Å². The third-order valence-corrected chi connectivity index (χ3v) is 5.36. The van der Waals surface area contributed by atoms with Crippen molar-refractivity contribution in [2.75, 3.05) is 11.6 Å². The second kappa shape index (κ2) is 6.56. The monoisotopic (exact) mass is 351 g/mol. The molecule has 1 fully saturated rings. The van der Waals surface area contributed by atoms with E-state index in [9.17, 15) is 9.18 Å². The predicted octanol–water partition coefficient (Wildman–Crippen LogP) is 4.22. The van der Waals surface area contributed by atoms with Crippen LogP contribution in [-0.2, 0) is 5.54 Å². The van der Waals surface area contributed by atoms with E-state index in [1.54, 1.807) is 12.1 Å². The molecule has 1 saturated carbocycles. The van der Waals surface area contributed by atoms with E-state index in [1.165, 1.54) is 12.1 Å². The summed E-state index contributed by atoms with van der Waals surface area (Å²) in [4.78, 5) is 12.8. The molecule has 2 aliphatic rings. The van der Waals surface area contributed by atoms with Crippen LogP contribution in [0.5, 0.6) is 0 Å². The average Bonchev–Trinajstić information content (AvgIpc) is 3.05. The maximum Gasteiger partial charge on any atom is 0.251 e. The first-order valence-electron chi connectivity index (χ1n) is 9.06. The van der Waals surface area contributed by atoms with Crippen molar-refractivity contribution in [3.63, 3.8) is 0 Å². The quantitative estimate of drug-likeness (QED) is 0.896. The minimum absolute atomic E-state index is 0.0957. The minimum atomic E-state index is -0.375. The Hall–Kier alpha value is -2.69. The number of benzene rings is 2. The van der Waals surface area contributed by atoms with Gasteiger partial charge in [-0.3, -0.25) is 9.80 Å². The van der Waals surface area contributed by atoms with E-state index in [2.05, 4.69) is 10.4 Å². The van der Waals surface area contributed by atoms with Gasteiger partial charge in [0.1, 0.15) is 5.82 Å². The van der Waals surface area contributed by atoms with Gasteiger partial charge in [0.05, 0.1) is 11.2 Å². The number of halogens is 1. The topological polar surface area (TPSA) is 44.7 Å². The number of anilines is 1. The van der Waals surface area contributed by atoms with Crippen LogP contribution in [0.3, 0.4) is 0 Å². The number of carbonyl (C=O) groups is 1. The molecule has 26 heavy (non-hydrogen) atoms. The lowest BCUT2D eigenvalue weighted by Crippen LogP contribution is -2.50. The van der Waals surface area contributed by atoms with Crippen molar-refractivity contribution in [3.8, 4) is 0 Å². The van der Waals surface area contributed by atoms with Crippen LogP contribution in [0, 0.1) is 5.82 Å². The van der Waals surface area contributed by atoms with Crippen molar-refractivity contribution in [3.05, 3.63) is 65.5 Å². The molecule has 4 nitrogen and oxygen atoms in total. The van der Waals surface area contributed by atoms with Crippen LogP contribution in [0.2, 0.25) is 0 Å². The molecule has 0 radical (unpaired) electrons. The van der Waals surface area contributed by atoms with Gasteiger partial charge in [-0.25, -0.2) is 4.39 Å². The molecule has 1 heterocycles. The summed E-state index contributed by atoms with van der Waals surface area (Å²) < 4.78 is 13.2. The van der Waals surface area contributed by atoms with Crippen molar-refractivity contribution in [2.24, 2.45) is 5.10 Å². The highest BCUT2D eigenvalue weighted by molar-refractivity contribution is 5.95. The molecule has 1 amide bonds. The van der Waals surface area contributed by atoms with Gasteiger partial charge in [-0.2, -0.15) is 5.10 Å². The van der Waals surface area contributed by atoms with Gasteiger partial charge in [-0.05, 0) is 68.1 Å². The Balaban J connectivity index is 1.49. The number of amides is 1. The summed E-state index contributed by atoms with van der Waals surface area (Å²) >= 11 is 0. The average molecular weight is 351 g/mol. The van der Waals surface area contributed by atoms with Crippen LogP contribution in [0.1, 0.15) is 48.5 Å². The minimum Gasteiger partial charge on any atom is -0.343 e. The van der Waals surface area contributed by atoms with Crippen LogP contribution in [0.4, 0.5) is 10.1 Å². The third kappa shape index (κ3) is 3.09. The number of rotatable bonds is 4. The Labute approximate surface area is 152 Å².